The Morgan fingerprint density at radius 3 is 2.60 bits per heavy atom. The minimum atomic E-state index is 0.0784. The van der Waals surface area contributed by atoms with E-state index in [4.69, 9.17) is 5.73 Å². The molecule has 104 valence electrons. The SMILES string of the molecule is CC1CN(C(=O)c2ccc3cc(Br)ccc3c2)CC1N. The molecule has 2 aromatic carbocycles. The summed E-state index contributed by atoms with van der Waals surface area (Å²) in [5.41, 5.74) is 6.73. The molecule has 1 amide bonds. The minimum Gasteiger partial charge on any atom is -0.337 e. The number of halogens is 1. The largest absolute Gasteiger partial charge is 0.337 e. The number of rotatable bonds is 1. The molecular formula is C16H17BrN2O. The van der Waals surface area contributed by atoms with Gasteiger partial charge in [-0.3, -0.25) is 4.79 Å². The lowest BCUT2D eigenvalue weighted by Crippen LogP contribution is -2.32. The number of amides is 1. The van der Waals surface area contributed by atoms with E-state index in [9.17, 15) is 4.79 Å². The first-order valence-electron chi connectivity index (χ1n) is 6.79. The Labute approximate surface area is 126 Å². The second-order valence-electron chi connectivity index (χ2n) is 5.56. The second kappa shape index (κ2) is 5.19. The topological polar surface area (TPSA) is 46.3 Å². The van der Waals surface area contributed by atoms with Crippen LogP contribution in [0.25, 0.3) is 10.8 Å². The lowest BCUT2D eigenvalue weighted by molar-refractivity contribution is 0.0787. The van der Waals surface area contributed by atoms with E-state index < -0.39 is 0 Å². The summed E-state index contributed by atoms with van der Waals surface area (Å²) < 4.78 is 1.04. The monoisotopic (exact) mass is 332 g/mol. The summed E-state index contributed by atoms with van der Waals surface area (Å²) in [5.74, 6) is 0.449. The van der Waals surface area contributed by atoms with Crippen LogP contribution in [-0.4, -0.2) is 29.9 Å². The van der Waals surface area contributed by atoms with E-state index in [0.717, 1.165) is 27.4 Å². The van der Waals surface area contributed by atoms with Crippen molar-refractivity contribution in [3.8, 4) is 0 Å². The number of likely N-dealkylation sites (tertiary alicyclic amines) is 1. The number of benzene rings is 2. The molecule has 3 nitrogen and oxygen atoms in total. The van der Waals surface area contributed by atoms with Crippen molar-refractivity contribution in [1.82, 2.24) is 4.90 Å². The standard InChI is InChI=1S/C16H17BrN2O/c1-10-8-19(9-15(10)18)16(20)13-3-2-12-7-14(17)5-4-11(12)6-13/h2-7,10,15H,8-9,18H2,1H3. The molecule has 0 saturated carbocycles. The lowest BCUT2D eigenvalue weighted by Gasteiger charge is -2.16. The Balaban J connectivity index is 1.90. The summed E-state index contributed by atoms with van der Waals surface area (Å²) in [6.07, 6.45) is 0. The fraction of sp³-hybridized carbons (Fsp3) is 0.312. The Hall–Kier alpha value is -1.39. The molecule has 0 radical (unpaired) electrons. The fourth-order valence-corrected chi connectivity index (χ4v) is 3.07. The third-order valence-electron chi connectivity index (χ3n) is 4.01. The second-order valence-corrected chi connectivity index (χ2v) is 6.47. The molecule has 2 unspecified atom stereocenters. The number of nitrogens with zero attached hydrogens (tertiary/aromatic N) is 1. The summed E-state index contributed by atoms with van der Waals surface area (Å²) in [5, 5.41) is 2.21. The average Bonchev–Trinajstić information content (AvgIpc) is 2.77. The summed E-state index contributed by atoms with van der Waals surface area (Å²) in [7, 11) is 0. The molecule has 0 spiro atoms. The van der Waals surface area contributed by atoms with Crippen molar-refractivity contribution >= 4 is 32.6 Å². The highest BCUT2D eigenvalue weighted by Gasteiger charge is 2.30. The summed E-state index contributed by atoms with van der Waals surface area (Å²) in [6.45, 7) is 3.49. The lowest BCUT2D eigenvalue weighted by atomic mass is 10.1. The molecule has 3 rings (SSSR count). The van der Waals surface area contributed by atoms with Gasteiger partial charge < -0.3 is 10.6 Å². The van der Waals surface area contributed by atoms with Gasteiger partial charge in [-0.2, -0.15) is 0 Å². The van der Waals surface area contributed by atoms with Crippen molar-refractivity contribution in [3.63, 3.8) is 0 Å². The number of carbonyl (C=O) groups excluding carboxylic acids is 1. The number of carbonyl (C=O) groups is 1. The van der Waals surface area contributed by atoms with Crippen molar-refractivity contribution in [2.75, 3.05) is 13.1 Å². The third kappa shape index (κ3) is 2.45. The van der Waals surface area contributed by atoms with E-state index in [-0.39, 0.29) is 11.9 Å². The zero-order chi connectivity index (χ0) is 14.3. The van der Waals surface area contributed by atoms with E-state index in [1.165, 1.54) is 0 Å². The molecule has 0 bridgehead atoms. The van der Waals surface area contributed by atoms with Crippen LogP contribution >= 0.6 is 15.9 Å². The van der Waals surface area contributed by atoms with E-state index in [1.54, 1.807) is 0 Å². The van der Waals surface area contributed by atoms with Gasteiger partial charge in [0.15, 0.2) is 0 Å². The van der Waals surface area contributed by atoms with Crippen molar-refractivity contribution in [3.05, 3.63) is 46.4 Å². The summed E-state index contributed by atoms with van der Waals surface area (Å²) in [6, 6.07) is 12.0. The van der Waals surface area contributed by atoms with Crippen LogP contribution < -0.4 is 5.73 Å². The van der Waals surface area contributed by atoms with Gasteiger partial charge in [0.1, 0.15) is 0 Å². The van der Waals surface area contributed by atoms with Gasteiger partial charge in [0.25, 0.3) is 5.91 Å². The smallest absolute Gasteiger partial charge is 0.253 e. The first kappa shape index (κ1) is 13.6. The Bertz CT molecular complexity index is 661. The van der Waals surface area contributed by atoms with Crippen LogP contribution in [0, 0.1) is 5.92 Å². The van der Waals surface area contributed by atoms with Crippen LogP contribution in [-0.2, 0) is 0 Å². The number of hydrogen-bond acceptors (Lipinski definition) is 2. The van der Waals surface area contributed by atoms with Crippen molar-refractivity contribution in [2.45, 2.75) is 13.0 Å². The molecule has 2 N–H and O–H groups in total. The maximum Gasteiger partial charge on any atom is 0.253 e. The van der Waals surface area contributed by atoms with Crippen LogP contribution in [0.3, 0.4) is 0 Å². The number of nitrogens with two attached hydrogens (primary N) is 1. The maximum absolute atomic E-state index is 12.5. The molecule has 1 aliphatic heterocycles. The van der Waals surface area contributed by atoms with Crippen LogP contribution in [0.4, 0.5) is 0 Å². The highest BCUT2D eigenvalue weighted by Crippen LogP contribution is 2.23. The molecule has 0 aliphatic carbocycles. The first-order chi connectivity index (χ1) is 9.54. The molecule has 1 saturated heterocycles. The summed E-state index contributed by atoms with van der Waals surface area (Å²) >= 11 is 3.46. The van der Waals surface area contributed by atoms with Crippen LogP contribution in [0.2, 0.25) is 0 Å². The van der Waals surface area contributed by atoms with Gasteiger partial charge in [-0.1, -0.05) is 35.0 Å². The van der Waals surface area contributed by atoms with Crippen LogP contribution in [0.1, 0.15) is 17.3 Å². The molecule has 20 heavy (non-hydrogen) atoms. The molecule has 2 atom stereocenters. The molecule has 1 aliphatic rings. The van der Waals surface area contributed by atoms with Gasteiger partial charge in [0.05, 0.1) is 0 Å². The van der Waals surface area contributed by atoms with Crippen LogP contribution in [0.5, 0.6) is 0 Å². The van der Waals surface area contributed by atoms with Gasteiger partial charge in [0.2, 0.25) is 0 Å². The highest BCUT2D eigenvalue weighted by molar-refractivity contribution is 9.10. The zero-order valence-electron chi connectivity index (χ0n) is 11.3. The normalized spacial score (nSPS) is 22.4. The van der Waals surface area contributed by atoms with Gasteiger partial charge in [-0.25, -0.2) is 0 Å². The van der Waals surface area contributed by atoms with Crippen LogP contribution in [0.15, 0.2) is 40.9 Å². The molecule has 1 fully saturated rings. The van der Waals surface area contributed by atoms with Crippen molar-refractivity contribution in [2.24, 2.45) is 11.7 Å². The quantitative estimate of drug-likeness (QED) is 0.872. The van der Waals surface area contributed by atoms with Crippen molar-refractivity contribution in [1.29, 1.82) is 0 Å². The zero-order valence-corrected chi connectivity index (χ0v) is 12.9. The van der Waals surface area contributed by atoms with E-state index in [2.05, 4.69) is 28.9 Å². The Morgan fingerprint density at radius 2 is 1.90 bits per heavy atom. The Morgan fingerprint density at radius 1 is 1.20 bits per heavy atom. The third-order valence-corrected chi connectivity index (χ3v) is 4.50. The molecule has 0 aromatic heterocycles. The predicted molar refractivity (Wildman–Crippen MR) is 84.7 cm³/mol. The molecule has 1 heterocycles. The number of fused-ring (bicyclic) bond motifs is 1. The van der Waals surface area contributed by atoms with E-state index in [0.29, 0.717) is 12.5 Å². The minimum absolute atomic E-state index is 0.0784. The van der Waals surface area contributed by atoms with Gasteiger partial charge in [-0.15, -0.1) is 0 Å². The molecular weight excluding hydrogens is 316 g/mol. The predicted octanol–water partition coefficient (Wildman–Crippen LogP) is 3.02. The summed E-state index contributed by atoms with van der Waals surface area (Å²) in [4.78, 5) is 14.4. The maximum atomic E-state index is 12.5. The van der Waals surface area contributed by atoms with E-state index in [1.807, 2.05) is 35.2 Å². The highest BCUT2D eigenvalue weighted by atomic mass is 79.9. The first-order valence-corrected chi connectivity index (χ1v) is 7.58. The van der Waals surface area contributed by atoms with Crippen molar-refractivity contribution < 1.29 is 4.79 Å². The Kier molecular flexibility index (Phi) is 3.52. The van der Waals surface area contributed by atoms with E-state index >= 15 is 0 Å². The van der Waals surface area contributed by atoms with Gasteiger partial charge in [0, 0.05) is 29.2 Å². The molecule has 4 heteroatoms. The van der Waals surface area contributed by atoms with Gasteiger partial charge >= 0.3 is 0 Å². The number of hydrogen-bond donors (Lipinski definition) is 1. The van der Waals surface area contributed by atoms with Gasteiger partial charge in [-0.05, 0) is 41.0 Å². The average molecular weight is 333 g/mol. The fourth-order valence-electron chi connectivity index (χ4n) is 2.69. The molecule has 2 aromatic rings.